The number of hydrogen-bond acceptors (Lipinski definition) is 3. The van der Waals surface area contributed by atoms with Crippen LogP contribution in [0.3, 0.4) is 0 Å². The van der Waals surface area contributed by atoms with Crippen molar-refractivity contribution in [3.05, 3.63) is 29.8 Å². The predicted octanol–water partition coefficient (Wildman–Crippen LogP) is 3.59. The van der Waals surface area contributed by atoms with Crippen LogP contribution in [-0.2, 0) is 4.57 Å². The van der Waals surface area contributed by atoms with Gasteiger partial charge in [-0.2, -0.15) is 0 Å². The van der Waals surface area contributed by atoms with Crippen molar-refractivity contribution in [2.75, 3.05) is 12.3 Å². The monoisotopic (exact) mass is 240 g/mol. The highest BCUT2D eigenvalue weighted by Gasteiger charge is 2.18. The zero-order valence-electron chi connectivity index (χ0n) is 9.90. The van der Waals surface area contributed by atoms with E-state index in [2.05, 4.69) is 0 Å². The number of benzene rings is 1. The summed E-state index contributed by atoms with van der Waals surface area (Å²) in [4.78, 5) is 11.1. The molecule has 0 atom stereocenters. The van der Waals surface area contributed by atoms with E-state index in [4.69, 9.17) is 4.52 Å². The van der Waals surface area contributed by atoms with E-state index in [1.807, 2.05) is 13.8 Å². The van der Waals surface area contributed by atoms with Gasteiger partial charge in [-0.3, -0.25) is 9.36 Å². The lowest BCUT2D eigenvalue weighted by molar-refractivity contribution is 0.101. The third-order valence-corrected chi connectivity index (χ3v) is 4.97. The molecule has 0 aliphatic rings. The molecule has 1 aromatic carbocycles. The van der Waals surface area contributed by atoms with Gasteiger partial charge in [0.25, 0.3) is 0 Å². The first kappa shape index (κ1) is 13.0. The minimum absolute atomic E-state index is 0.0146. The SMILES string of the molecule is CCP(=O)(CC)Oc1ccc(C(C)=O)cc1. The van der Waals surface area contributed by atoms with Crippen molar-refractivity contribution in [3.63, 3.8) is 0 Å². The number of ketones is 1. The standard InChI is InChI=1S/C12H17O3P/c1-4-16(14,5-2)15-12-8-6-11(7-9-12)10(3)13/h6-9H,4-5H2,1-3H3. The van der Waals surface area contributed by atoms with E-state index in [-0.39, 0.29) is 5.78 Å². The number of Topliss-reactive ketones (excluding diaryl/α,β-unsaturated/α-hetero) is 1. The van der Waals surface area contributed by atoms with E-state index >= 15 is 0 Å². The van der Waals surface area contributed by atoms with E-state index in [1.54, 1.807) is 24.3 Å². The summed E-state index contributed by atoms with van der Waals surface area (Å²) in [6.07, 6.45) is 1.05. The zero-order valence-corrected chi connectivity index (χ0v) is 10.8. The van der Waals surface area contributed by atoms with Crippen molar-refractivity contribution < 1.29 is 13.9 Å². The molecule has 0 N–H and O–H groups in total. The van der Waals surface area contributed by atoms with Gasteiger partial charge in [0, 0.05) is 17.9 Å². The Morgan fingerprint density at radius 1 is 1.19 bits per heavy atom. The van der Waals surface area contributed by atoms with Crippen molar-refractivity contribution in [2.24, 2.45) is 0 Å². The molecule has 0 aromatic heterocycles. The van der Waals surface area contributed by atoms with Crippen molar-refractivity contribution in [3.8, 4) is 5.75 Å². The molecule has 0 spiro atoms. The lowest BCUT2D eigenvalue weighted by atomic mass is 10.1. The molecule has 4 heteroatoms. The van der Waals surface area contributed by atoms with Crippen LogP contribution in [0.15, 0.2) is 24.3 Å². The van der Waals surface area contributed by atoms with Gasteiger partial charge in [0.15, 0.2) is 5.78 Å². The van der Waals surface area contributed by atoms with Gasteiger partial charge in [-0.1, -0.05) is 13.8 Å². The van der Waals surface area contributed by atoms with Crippen LogP contribution in [0.5, 0.6) is 5.75 Å². The summed E-state index contributed by atoms with van der Waals surface area (Å²) in [7, 11) is -2.53. The molecule has 0 bridgehead atoms. The minimum Gasteiger partial charge on any atom is -0.443 e. The van der Waals surface area contributed by atoms with Gasteiger partial charge in [-0.15, -0.1) is 0 Å². The van der Waals surface area contributed by atoms with Gasteiger partial charge >= 0.3 is 0 Å². The van der Waals surface area contributed by atoms with Gasteiger partial charge in [-0.25, -0.2) is 0 Å². The summed E-state index contributed by atoms with van der Waals surface area (Å²) >= 11 is 0. The summed E-state index contributed by atoms with van der Waals surface area (Å²) in [6, 6.07) is 6.75. The molecule has 0 fully saturated rings. The summed E-state index contributed by atoms with van der Waals surface area (Å²) in [5.41, 5.74) is 0.634. The molecule has 1 rings (SSSR count). The number of rotatable bonds is 5. The van der Waals surface area contributed by atoms with E-state index < -0.39 is 7.37 Å². The summed E-state index contributed by atoms with van der Waals surface area (Å²) in [6.45, 7) is 5.22. The third-order valence-electron chi connectivity index (χ3n) is 2.50. The highest BCUT2D eigenvalue weighted by Crippen LogP contribution is 2.46. The third kappa shape index (κ3) is 3.21. The molecule has 0 aliphatic carbocycles. The Labute approximate surface area is 96.3 Å². The molecule has 0 amide bonds. The van der Waals surface area contributed by atoms with E-state index in [9.17, 15) is 9.36 Å². The summed E-state index contributed by atoms with van der Waals surface area (Å²) < 4.78 is 17.5. The maximum Gasteiger partial charge on any atom is 0.247 e. The normalized spacial score (nSPS) is 11.2. The number of carbonyl (C=O) groups is 1. The fourth-order valence-corrected chi connectivity index (χ4v) is 2.51. The van der Waals surface area contributed by atoms with Crippen LogP contribution in [0, 0.1) is 0 Å². The maximum atomic E-state index is 12.0. The molecule has 0 saturated heterocycles. The molecule has 88 valence electrons. The second-order valence-corrected chi connectivity index (χ2v) is 6.70. The Hall–Kier alpha value is -1.08. The number of hydrogen-bond donors (Lipinski definition) is 0. The van der Waals surface area contributed by atoms with Crippen LogP contribution >= 0.6 is 7.37 Å². The second-order valence-electron chi connectivity index (χ2n) is 3.62. The molecule has 0 unspecified atom stereocenters. The Kier molecular flexibility index (Phi) is 4.31. The van der Waals surface area contributed by atoms with Crippen LogP contribution < -0.4 is 4.52 Å². The van der Waals surface area contributed by atoms with E-state index in [0.29, 0.717) is 23.6 Å². The van der Waals surface area contributed by atoms with Crippen LogP contribution in [0.25, 0.3) is 0 Å². The van der Waals surface area contributed by atoms with E-state index in [0.717, 1.165) is 0 Å². The minimum atomic E-state index is -2.53. The fraction of sp³-hybridized carbons (Fsp3) is 0.417. The molecule has 0 heterocycles. The quantitative estimate of drug-likeness (QED) is 0.583. The van der Waals surface area contributed by atoms with Gasteiger partial charge < -0.3 is 4.52 Å². The Morgan fingerprint density at radius 3 is 2.06 bits per heavy atom. The second kappa shape index (κ2) is 5.31. The van der Waals surface area contributed by atoms with Gasteiger partial charge in [0.1, 0.15) is 5.75 Å². The lowest BCUT2D eigenvalue weighted by Gasteiger charge is -2.16. The molecule has 0 aliphatic heterocycles. The number of carbonyl (C=O) groups excluding carboxylic acids is 1. The largest absolute Gasteiger partial charge is 0.443 e. The van der Waals surface area contributed by atoms with Gasteiger partial charge in [0.2, 0.25) is 7.37 Å². The molecule has 3 nitrogen and oxygen atoms in total. The Bertz CT molecular complexity index is 401. The maximum absolute atomic E-state index is 12.0. The van der Waals surface area contributed by atoms with Crippen LogP contribution in [0.4, 0.5) is 0 Å². The predicted molar refractivity (Wildman–Crippen MR) is 65.8 cm³/mol. The van der Waals surface area contributed by atoms with E-state index in [1.165, 1.54) is 6.92 Å². The first-order valence-electron chi connectivity index (χ1n) is 5.39. The van der Waals surface area contributed by atoms with Crippen molar-refractivity contribution >= 4 is 13.2 Å². The lowest BCUT2D eigenvalue weighted by Crippen LogP contribution is -1.99. The Balaban J connectivity index is 2.83. The van der Waals surface area contributed by atoms with Crippen molar-refractivity contribution in [2.45, 2.75) is 20.8 Å². The van der Waals surface area contributed by atoms with Crippen LogP contribution in [0.1, 0.15) is 31.1 Å². The molecular formula is C12H17O3P. The van der Waals surface area contributed by atoms with Crippen LogP contribution in [-0.4, -0.2) is 18.1 Å². The summed E-state index contributed by atoms with van der Waals surface area (Å²) in [5.74, 6) is 0.581. The Morgan fingerprint density at radius 2 is 1.69 bits per heavy atom. The van der Waals surface area contributed by atoms with Crippen molar-refractivity contribution in [1.29, 1.82) is 0 Å². The fourth-order valence-electron chi connectivity index (χ4n) is 1.30. The zero-order chi connectivity index (χ0) is 12.2. The topological polar surface area (TPSA) is 43.4 Å². The average molecular weight is 240 g/mol. The molecule has 16 heavy (non-hydrogen) atoms. The highest BCUT2D eigenvalue weighted by atomic mass is 31.2. The summed E-state index contributed by atoms with van der Waals surface area (Å²) in [5, 5.41) is 0. The molecular weight excluding hydrogens is 223 g/mol. The van der Waals surface area contributed by atoms with Crippen LogP contribution in [0.2, 0.25) is 0 Å². The first-order chi connectivity index (χ1) is 7.50. The average Bonchev–Trinajstić information content (AvgIpc) is 2.29. The van der Waals surface area contributed by atoms with Gasteiger partial charge in [-0.05, 0) is 31.2 Å². The molecule has 0 radical (unpaired) electrons. The molecule has 0 saturated carbocycles. The molecule has 1 aromatic rings. The van der Waals surface area contributed by atoms with Crippen molar-refractivity contribution in [1.82, 2.24) is 0 Å². The first-order valence-corrected chi connectivity index (χ1v) is 7.39. The smallest absolute Gasteiger partial charge is 0.247 e. The van der Waals surface area contributed by atoms with Gasteiger partial charge in [0.05, 0.1) is 0 Å². The highest BCUT2D eigenvalue weighted by molar-refractivity contribution is 7.59.